The molecule has 2 unspecified atom stereocenters. The molecule has 0 saturated heterocycles. The molecule has 1 amide bonds. The lowest BCUT2D eigenvalue weighted by atomic mass is 10.1. The second kappa shape index (κ2) is 9.55. The number of nitrogens with one attached hydrogen (secondary N) is 1. The number of oxazole rings is 1. The van der Waals surface area contributed by atoms with Crippen molar-refractivity contribution in [2.75, 3.05) is 26.2 Å². The molecule has 4 N–H and O–H groups in total. The van der Waals surface area contributed by atoms with Crippen LogP contribution in [0.4, 0.5) is 0 Å². The summed E-state index contributed by atoms with van der Waals surface area (Å²) in [5, 5.41) is 11.8. The molecule has 7 heteroatoms. The van der Waals surface area contributed by atoms with Gasteiger partial charge < -0.3 is 25.5 Å². The number of nitrogens with zero attached hydrogens (tertiary/aromatic N) is 2. The van der Waals surface area contributed by atoms with E-state index in [-0.39, 0.29) is 30.1 Å². The third kappa shape index (κ3) is 5.75. The number of rotatable bonds is 10. The Labute approximate surface area is 131 Å². The average molecular weight is 312 g/mol. The Balaban J connectivity index is 2.39. The Morgan fingerprint density at radius 3 is 2.77 bits per heavy atom. The predicted molar refractivity (Wildman–Crippen MR) is 84.5 cm³/mol. The molecule has 126 valence electrons. The summed E-state index contributed by atoms with van der Waals surface area (Å²) in [6.45, 7) is 9.12. The molecule has 1 rings (SSSR count). The van der Waals surface area contributed by atoms with Gasteiger partial charge in [0.2, 0.25) is 5.89 Å². The molecular formula is C15H28N4O3. The molecule has 22 heavy (non-hydrogen) atoms. The van der Waals surface area contributed by atoms with Gasteiger partial charge in [-0.3, -0.25) is 4.79 Å². The van der Waals surface area contributed by atoms with Crippen LogP contribution >= 0.6 is 0 Å². The Morgan fingerprint density at radius 1 is 1.50 bits per heavy atom. The number of nitrogens with two attached hydrogens (primary N) is 1. The van der Waals surface area contributed by atoms with E-state index in [9.17, 15) is 4.79 Å². The zero-order valence-corrected chi connectivity index (χ0v) is 13.7. The summed E-state index contributed by atoms with van der Waals surface area (Å²) in [5.74, 6) is -0.114. The number of carbonyl (C=O) groups is 1. The first kappa shape index (κ1) is 18.6. The first-order valence-electron chi connectivity index (χ1n) is 7.86. The SMILES string of the molecule is CCN(CC)CCCC(C)NC(=O)c1coc(C(N)CO)n1. The van der Waals surface area contributed by atoms with Gasteiger partial charge in [-0.25, -0.2) is 4.98 Å². The van der Waals surface area contributed by atoms with Crippen LogP contribution in [0.15, 0.2) is 10.7 Å². The first-order chi connectivity index (χ1) is 10.5. The summed E-state index contributed by atoms with van der Waals surface area (Å²) in [7, 11) is 0. The smallest absolute Gasteiger partial charge is 0.273 e. The monoisotopic (exact) mass is 312 g/mol. The van der Waals surface area contributed by atoms with E-state index in [0.29, 0.717) is 0 Å². The van der Waals surface area contributed by atoms with E-state index in [1.54, 1.807) is 0 Å². The molecule has 0 fully saturated rings. The second-order valence-electron chi connectivity index (χ2n) is 5.40. The topological polar surface area (TPSA) is 105 Å². The minimum atomic E-state index is -0.701. The Kier molecular flexibility index (Phi) is 8.08. The summed E-state index contributed by atoms with van der Waals surface area (Å²) < 4.78 is 5.10. The molecule has 0 radical (unpaired) electrons. The molecule has 0 bridgehead atoms. The maximum Gasteiger partial charge on any atom is 0.273 e. The van der Waals surface area contributed by atoms with Gasteiger partial charge in [0.1, 0.15) is 12.3 Å². The van der Waals surface area contributed by atoms with Gasteiger partial charge in [-0.1, -0.05) is 13.8 Å². The number of carbonyl (C=O) groups excluding carboxylic acids is 1. The van der Waals surface area contributed by atoms with Crippen LogP contribution in [0.1, 0.15) is 56.0 Å². The third-order valence-electron chi connectivity index (χ3n) is 3.65. The molecule has 0 aliphatic heterocycles. The van der Waals surface area contributed by atoms with E-state index >= 15 is 0 Å². The fourth-order valence-electron chi connectivity index (χ4n) is 2.17. The Bertz CT molecular complexity index is 446. The zero-order chi connectivity index (χ0) is 16.5. The van der Waals surface area contributed by atoms with E-state index in [2.05, 4.69) is 29.0 Å². The van der Waals surface area contributed by atoms with E-state index in [1.807, 2.05) is 6.92 Å². The first-order valence-corrected chi connectivity index (χ1v) is 7.86. The lowest BCUT2D eigenvalue weighted by Crippen LogP contribution is -2.34. The molecule has 1 aromatic heterocycles. The van der Waals surface area contributed by atoms with Crippen molar-refractivity contribution in [1.29, 1.82) is 0 Å². The van der Waals surface area contributed by atoms with Crippen LogP contribution in [-0.4, -0.2) is 53.2 Å². The second-order valence-corrected chi connectivity index (χ2v) is 5.40. The molecule has 7 nitrogen and oxygen atoms in total. The molecule has 2 atom stereocenters. The number of aliphatic hydroxyl groups is 1. The number of aromatic nitrogens is 1. The molecule has 1 aromatic rings. The number of amides is 1. The van der Waals surface area contributed by atoms with Crippen molar-refractivity contribution in [3.63, 3.8) is 0 Å². The van der Waals surface area contributed by atoms with Gasteiger partial charge in [-0.2, -0.15) is 0 Å². The standard InChI is InChI=1S/C15H28N4O3/c1-4-19(5-2)8-6-7-11(3)17-14(21)13-10-22-15(18-13)12(16)9-20/h10-12,20H,4-9,16H2,1-3H3,(H,17,21). The van der Waals surface area contributed by atoms with Crippen molar-refractivity contribution in [1.82, 2.24) is 15.2 Å². The van der Waals surface area contributed by atoms with E-state index in [0.717, 1.165) is 32.5 Å². The highest BCUT2D eigenvalue weighted by atomic mass is 16.3. The van der Waals surface area contributed by atoms with Crippen molar-refractivity contribution in [3.05, 3.63) is 17.8 Å². The molecule has 0 spiro atoms. The van der Waals surface area contributed by atoms with Crippen molar-refractivity contribution < 1.29 is 14.3 Å². The van der Waals surface area contributed by atoms with Gasteiger partial charge in [0.25, 0.3) is 5.91 Å². The fraction of sp³-hybridized carbons (Fsp3) is 0.733. The zero-order valence-electron chi connectivity index (χ0n) is 13.7. The molecule has 1 heterocycles. The van der Waals surface area contributed by atoms with Crippen molar-refractivity contribution in [2.45, 2.75) is 45.7 Å². The van der Waals surface area contributed by atoms with Crippen LogP contribution in [-0.2, 0) is 0 Å². The van der Waals surface area contributed by atoms with Crippen LogP contribution in [0.3, 0.4) is 0 Å². The minimum Gasteiger partial charge on any atom is -0.446 e. The van der Waals surface area contributed by atoms with Crippen LogP contribution in [0.5, 0.6) is 0 Å². The predicted octanol–water partition coefficient (Wildman–Crippen LogP) is 0.907. The van der Waals surface area contributed by atoms with Crippen LogP contribution in [0.25, 0.3) is 0 Å². The van der Waals surface area contributed by atoms with E-state index in [4.69, 9.17) is 15.3 Å². The highest BCUT2D eigenvalue weighted by molar-refractivity contribution is 5.92. The van der Waals surface area contributed by atoms with E-state index < -0.39 is 6.04 Å². The Hall–Kier alpha value is -1.44. The quantitative estimate of drug-likeness (QED) is 0.593. The van der Waals surface area contributed by atoms with Gasteiger partial charge in [-0.15, -0.1) is 0 Å². The number of hydrogen-bond donors (Lipinski definition) is 3. The molecule has 0 aromatic carbocycles. The van der Waals surface area contributed by atoms with Crippen LogP contribution < -0.4 is 11.1 Å². The highest BCUT2D eigenvalue weighted by Crippen LogP contribution is 2.10. The number of hydrogen-bond acceptors (Lipinski definition) is 6. The maximum absolute atomic E-state index is 12.0. The lowest BCUT2D eigenvalue weighted by molar-refractivity contribution is 0.0932. The molecule has 0 aliphatic carbocycles. The average Bonchev–Trinajstić information content (AvgIpc) is 3.00. The maximum atomic E-state index is 12.0. The molecular weight excluding hydrogens is 284 g/mol. The van der Waals surface area contributed by atoms with Gasteiger partial charge in [0, 0.05) is 6.04 Å². The van der Waals surface area contributed by atoms with Crippen molar-refractivity contribution in [2.24, 2.45) is 5.73 Å². The highest BCUT2D eigenvalue weighted by Gasteiger charge is 2.17. The summed E-state index contributed by atoms with van der Waals surface area (Å²) in [6.07, 6.45) is 3.20. The summed E-state index contributed by atoms with van der Waals surface area (Å²) in [4.78, 5) is 18.4. The number of aliphatic hydroxyl groups excluding tert-OH is 1. The Morgan fingerprint density at radius 2 is 2.18 bits per heavy atom. The normalized spacial score (nSPS) is 14.1. The van der Waals surface area contributed by atoms with Gasteiger partial charge in [-0.05, 0) is 39.4 Å². The van der Waals surface area contributed by atoms with Gasteiger partial charge in [0.15, 0.2) is 5.69 Å². The van der Waals surface area contributed by atoms with E-state index in [1.165, 1.54) is 6.26 Å². The van der Waals surface area contributed by atoms with Gasteiger partial charge >= 0.3 is 0 Å². The van der Waals surface area contributed by atoms with Crippen molar-refractivity contribution in [3.8, 4) is 0 Å². The fourth-order valence-corrected chi connectivity index (χ4v) is 2.17. The van der Waals surface area contributed by atoms with Gasteiger partial charge in [0.05, 0.1) is 6.61 Å². The van der Waals surface area contributed by atoms with Crippen molar-refractivity contribution >= 4 is 5.91 Å². The third-order valence-corrected chi connectivity index (χ3v) is 3.65. The summed E-state index contributed by atoms with van der Waals surface area (Å²) in [5.41, 5.74) is 5.78. The summed E-state index contributed by atoms with van der Waals surface area (Å²) in [6, 6.07) is -0.636. The molecule has 0 saturated carbocycles. The van der Waals surface area contributed by atoms with Crippen LogP contribution in [0, 0.1) is 0 Å². The molecule has 0 aliphatic rings. The van der Waals surface area contributed by atoms with Crippen LogP contribution in [0.2, 0.25) is 0 Å². The summed E-state index contributed by atoms with van der Waals surface area (Å²) >= 11 is 0. The lowest BCUT2D eigenvalue weighted by Gasteiger charge is -2.19. The largest absolute Gasteiger partial charge is 0.446 e. The minimum absolute atomic E-state index is 0.0646.